The first-order chi connectivity index (χ1) is 9.01. The molecule has 0 atom stereocenters. The first-order valence-electron chi connectivity index (χ1n) is 5.84. The number of nitrogens with one attached hydrogen (secondary N) is 1. The van der Waals surface area contributed by atoms with Crippen LogP contribution in [-0.4, -0.2) is 8.42 Å². The minimum absolute atomic E-state index is 0.0740. The maximum absolute atomic E-state index is 12.0. The van der Waals surface area contributed by atoms with Crippen LogP contribution in [0.3, 0.4) is 0 Å². The fraction of sp³-hybridized carbons (Fsp3) is 0.231. The quantitative estimate of drug-likeness (QED) is 0.923. The third-order valence-electron chi connectivity index (χ3n) is 2.71. The molecule has 0 spiro atoms. The van der Waals surface area contributed by atoms with Crippen molar-refractivity contribution in [3.8, 4) is 0 Å². The summed E-state index contributed by atoms with van der Waals surface area (Å²) in [5, 5.41) is 0.237. The van der Waals surface area contributed by atoms with E-state index >= 15 is 0 Å². The number of hydrogen-bond acceptors (Lipinski definition) is 3. The molecule has 102 valence electrons. The van der Waals surface area contributed by atoms with E-state index in [1.807, 2.05) is 6.92 Å². The van der Waals surface area contributed by atoms with Crippen LogP contribution in [0.15, 0.2) is 45.7 Å². The van der Waals surface area contributed by atoms with E-state index in [0.717, 1.165) is 12.0 Å². The van der Waals surface area contributed by atoms with Gasteiger partial charge in [0, 0.05) is 0 Å². The van der Waals surface area contributed by atoms with Gasteiger partial charge in [-0.05, 0) is 47.9 Å². The van der Waals surface area contributed by atoms with Crippen LogP contribution in [0.25, 0.3) is 0 Å². The van der Waals surface area contributed by atoms with Crippen LogP contribution in [0.5, 0.6) is 0 Å². The van der Waals surface area contributed by atoms with Gasteiger partial charge in [0.2, 0.25) is 10.0 Å². The van der Waals surface area contributed by atoms with Gasteiger partial charge in [-0.3, -0.25) is 0 Å². The highest BCUT2D eigenvalue weighted by Gasteiger charge is 2.14. The molecular formula is C13H14ClNO3S. The van der Waals surface area contributed by atoms with Crippen LogP contribution >= 0.6 is 11.6 Å². The van der Waals surface area contributed by atoms with Gasteiger partial charge in [0.05, 0.1) is 11.4 Å². The first-order valence-corrected chi connectivity index (χ1v) is 7.70. The lowest BCUT2D eigenvalue weighted by molar-refractivity contribution is 0.500. The van der Waals surface area contributed by atoms with Crippen LogP contribution in [0, 0.1) is 0 Å². The summed E-state index contributed by atoms with van der Waals surface area (Å²) < 4.78 is 31.6. The van der Waals surface area contributed by atoms with Crippen LogP contribution in [0.2, 0.25) is 5.22 Å². The Morgan fingerprint density at radius 3 is 2.37 bits per heavy atom. The minimum atomic E-state index is -3.53. The number of hydrogen-bond donors (Lipinski definition) is 1. The molecule has 2 rings (SSSR count). The predicted octanol–water partition coefficient (Wildman–Crippen LogP) is 2.97. The molecule has 0 radical (unpaired) electrons. The number of benzene rings is 1. The van der Waals surface area contributed by atoms with Crippen molar-refractivity contribution in [2.75, 3.05) is 0 Å². The highest BCUT2D eigenvalue weighted by atomic mass is 35.5. The van der Waals surface area contributed by atoms with Crippen LogP contribution < -0.4 is 4.72 Å². The summed E-state index contributed by atoms with van der Waals surface area (Å²) >= 11 is 5.62. The SMILES string of the molecule is CCc1ccc(S(=O)(=O)NCc2ccc(Cl)o2)cc1. The minimum Gasteiger partial charge on any atom is -0.448 e. The van der Waals surface area contributed by atoms with E-state index in [9.17, 15) is 8.42 Å². The Hall–Kier alpha value is -1.30. The van der Waals surface area contributed by atoms with E-state index < -0.39 is 10.0 Å². The van der Waals surface area contributed by atoms with E-state index in [1.165, 1.54) is 0 Å². The monoisotopic (exact) mass is 299 g/mol. The summed E-state index contributed by atoms with van der Waals surface area (Å²) in [5.41, 5.74) is 1.09. The molecule has 1 heterocycles. The smallest absolute Gasteiger partial charge is 0.240 e. The van der Waals surface area contributed by atoms with Gasteiger partial charge < -0.3 is 4.42 Å². The van der Waals surface area contributed by atoms with Crippen molar-refractivity contribution in [1.29, 1.82) is 0 Å². The lowest BCUT2D eigenvalue weighted by Gasteiger charge is -2.06. The van der Waals surface area contributed by atoms with Gasteiger partial charge in [0.25, 0.3) is 0 Å². The van der Waals surface area contributed by atoms with E-state index in [4.69, 9.17) is 16.0 Å². The molecule has 0 aliphatic rings. The molecule has 0 fully saturated rings. The average Bonchev–Trinajstić information content (AvgIpc) is 2.82. The van der Waals surface area contributed by atoms with Gasteiger partial charge in [0.1, 0.15) is 5.76 Å². The number of aryl methyl sites for hydroxylation is 1. The second kappa shape index (κ2) is 5.77. The average molecular weight is 300 g/mol. The van der Waals surface area contributed by atoms with Gasteiger partial charge in [-0.15, -0.1) is 0 Å². The number of furan rings is 1. The second-order valence-corrected chi connectivity index (χ2v) is 6.17. The zero-order valence-corrected chi connectivity index (χ0v) is 12.0. The first kappa shape index (κ1) is 14.1. The molecular weight excluding hydrogens is 286 g/mol. The Morgan fingerprint density at radius 2 is 1.84 bits per heavy atom. The summed E-state index contributed by atoms with van der Waals surface area (Å²) in [5.74, 6) is 0.471. The highest BCUT2D eigenvalue weighted by molar-refractivity contribution is 7.89. The van der Waals surface area contributed by atoms with Gasteiger partial charge in [-0.2, -0.15) is 0 Å². The maximum Gasteiger partial charge on any atom is 0.240 e. The second-order valence-electron chi connectivity index (χ2n) is 4.03. The van der Waals surface area contributed by atoms with E-state index in [-0.39, 0.29) is 16.7 Å². The molecule has 4 nitrogen and oxygen atoms in total. The number of sulfonamides is 1. The predicted molar refractivity (Wildman–Crippen MR) is 73.6 cm³/mol. The molecule has 1 N–H and O–H groups in total. The molecule has 0 aliphatic heterocycles. The van der Waals surface area contributed by atoms with Crippen molar-refractivity contribution in [2.45, 2.75) is 24.8 Å². The zero-order chi connectivity index (χ0) is 13.9. The molecule has 1 aromatic carbocycles. The zero-order valence-electron chi connectivity index (χ0n) is 10.4. The summed E-state index contributed by atoms with van der Waals surface area (Å²) in [6, 6.07) is 10.00. The molecule has 0 saturated heterocycles. The van der Waals surface area contributed by atoms with Gasteiger partial charge >= 0.3 is 0 Å². The molecule has 0 saturated carbocycles. The Bertz CT molecular complexity index is 647. The van der Waals surface area contributed by atoms with Crippen molar-refractivity contribution in [1.82, 2.24) is 4.72 Å². The summed E-state index contributed by atoms with van der Waals surface area (Å²) in [7, 11) is -3.53. The molecule has 1 aromatic heterocycles. The lowest BCUT2D eigenvalue weighted by Crippen LogP contribution is -2.22. The summed E-state index contributed by atoms with van der Waals surface area (Å²) in [4.78, 5) is 0.238. The Labute approximate surface area is 117 Å². The van der Waals surface area contributed by atoms with E-state index in [2.05, 4.69) is 4.72 Å². The number of halogens is 1. The Kier molecular flexibility index (Phi) is 4.29. The molecule has 0 amide bonds. The van der Waals surface area contributed by atoms with Crippen LogP contribution in [-0.2, 0) is 23.0 Å². The van der Waals surface area contributed by atoms with E-state index in [0.29, 0.717) is 5.76 Å². The maximum atomic E-state index is 12.0. The molecule has 0 bridgehead atoms. The largest absolute Gasteiger partial charge is 0.448 e. The van der Waals surface area contributed by atoms with Crippen LogP contribution in [0.1, 0.15) is 18.2 Å². The molecule has 2 aromatic rings. The standard InChI is InChI=1S/C13H14ClNO3S/c1-2-10-3-6-12(7-4-10)19(16,17)15-9-11-5-8-13(14)18-11/h3-8,15H,2,9H2,1H3. The summed E-state index contributed by atoms with van der Waals surface area (Å²) in [6.45, 7) is 2.09. The molecule has 19 heavy (non-hydrogen) atoms. The van der Waals surface area contributed by atoms with Crippen molar-refractivity contribution >= 4 is 21.6 Å². The van der Waals surface area contributed by atoms with Crippen molar-refractivity contribution in [3.05, 3.63) is 52.9 Å². The number of rotatable bonds is 5. The van der Waals surface area contributed by atoms with E-state index in [1.54, 1.807) is 36.4 Å². The van der Waals surface area contributed by atoms with Gasteiger partial charge in [-0.1, -0.05) is 19.1 Å². The molecule has 0 unspecified atom stereocenters. The Balaban J connectivity index is 2.09. The highest BCUT2D eigenvalue weighted by Crippen LogP contribution is 2.15. The Morgan fingerprint density at radius 1 is 1.16 bits per heavy atom. The van der Waals surface area contributed by atoms with Crippen molar-refractivity contribution < 1.29 is 12.8 Å². The molecule has 6 heteroatoms. The third-order valence-corrected chi connectivity index (χ3v) is 4.33. The van der Waals surface area contributed by atoms with Crippen LogP contribution in [0.4, 0.5) is 0 Å². The van der Waals surface area contributed by atoms with Crippen molar-refractivity contribution in [3.63, 3.8) is 0 Å². The lowest BCUT2D eigenvalue weighted by atomic mass is 10.2. The van der Waals surface area contributed by atoms with Gasteiger partial charge in [-0.25, -0.2) is 13.1 Å². The van der Waals surface area contributed by atoms with Crippen molar-refractivity contribution in [2.24, 2.45) is 0 Å². The van der Waals surface area contributed by atoms with Gasteiger partial charge in [0.15, 0.2) is 5.22 Å². The summed E-state index contributed by atoms with van der Waals surface area (Å²) in [6.07, 6.45) is 0.874. The topological polar surface area (TPSA) is 59.3 Å². The fourth-order valence-electron chi connectivity index (χ4n) is 1.60. The third kappa shape index (κ3) is 3.59. The molecule has 0 aliphatic carbocycles. The normalized spacial score (nSPS) is 11.7. The fourth-order valence-corrected chi connectivity index (χ4v) is 2.76.